The summed E-state index contributed by atoms with van der Waals surface area (Å²) in [5.41, 5.74) is 6.89. The van der Waals surface area contributed by atoms with Gasteiger partial charge in [0.15, 0.2) is 11.5 Å². The van der Waals surface area contributed by atoms with Crippen molar-refractivity contribution < 1.29 is 18.6 Å². The van der Waals surface area contributed by atoms with Crippen molar-refractivity contribution in [2.75, 3.05) is 20.8 Å². The first-order valence-electron chi connectivity index (χ1n) is 24.9. The van der Waals surface area contributed by atoms with Gasteiger partial charge in [-0.2, -0.15) is 0 Å². The maximum atomic E-state index is 14.1. The molecule has 0 fully saturated rings. The summed E-state index contributed by atoms with van der Waals surface area (Å²) in [7, 11) is 3.36. The third-order valence-corrected chi connectivity index (χ3v) is 10.4. The van der Waals surface area contributed by atoms with Crippen LogP contribution in [0.15, 0.2) is 54.6 Å². The molecule has 1 atom stereocenters. The number of halogens is 1. The standard InChI is InChI=1S/C53H4.C28H27FN2O3/c1-3-5-7-9-11-13-15-17-19-21-23-25-27-29-31-33-35-37-39-41-43-45-47-49-51-53-52-50-48-46-44-42-40-38-36-34-32-30-28-26-24-22-20-18-16-14-12-10-8-6-4-2;1-32-19-7-8-24-21(12-19)22-13-26-20-14-27(33-2)28(34-16-18-5-3-4-6-23(18)29)11-17(20)9-10-31(26)15-25(22)30-24/h1H,2H3;3-8,11-12,14,26,30H,9-10,13,15-16H2,1-2H3. The molecule has 0 spiro atoms. The quantitative estimate of drug-likeness (QED) is 0.240. The Balaban J connectivity index is 0.000000344. The summed E-state index contributed by atoms with van der Waals surface area (Å²) in [4.78, 5) is 6.16. The van der Waals surface area contributed by atoms with Crippen LogP contribution in [0, 0.1) is 314 Å². The zero-order chi connectivity index (χ0) is 61.3. The number of hydrogen-bond donors (Lipinski definition) is 1. The molecule has 4 aromatic rings. The number of benzene rings is 3. The maximum absolute atomic E-state index is 14.1. The number of terminal acetylenes is 1. The second-order valence-electron chi connectivity index (χ2n) is 15.5. The normalized spacial score (nSPS) is 9.07. The minimum atomic E-state index is -0.261. The Hall–Kier alpha value is -15.0. The lowest BCUT2D eigenvalue weighted by Gasteiger charge is -2.40. The monoisotopic (exact) mass is 1100 g/mol. The molecule has 0 bridgehead atoms. The number of aromatic amines is 1. The molecule has 5 nitrogen and oxygen atoms in total. The number of rotatable bonds is 5. The molecule has 390 valence electrons. The van der Waals surface area contributed by atoms with E-state index in [1.165, 1.54) is 33.8 Å². The minimum absolute atomic E-state index is 0.165. The lowest BCUT2D eigenvalue weighted by atomic mass is 9.85. The van der Waals surface area contributed by atoms with E-state index in [4.69, 9.17) is 20.6 Å². The summed E-state index contributed by atoms with van der Waals surface area (Å²) in [6.45, 7) is 3.73. The van der Waals surface area contributed by atoms with Gasteiger partial charge in [-0.25, -0.2) is 4.39 Å². The Kier molecular flexibility index (Phi) is 29.1. The summed E-state index contributed by atoms with van der Waals surface area (Å²) < 4.78 is 31.3. The van der Waals surface area contributed by atoms with E-state index in [1.54, 1.807) is 33.3 Å². The second kappa shape index (κ2) is 40.3. The van der Waals surface area contributed by atoms with Crippen molar-refractivity contribution in [3.63, 3.8) is 0 Å². The minimum Gasteiger partial charge on any atom is -0.497 e. The van der Waals surface area contributed by atoms with E-state index in [9.17, 15) is 4.39 Å². The van der Waals surface area contributed by atoms with E-state index >= 15 is 0 Å². The fourth-order valence-electron chi connectivity index (χ4n) is 6.97. The number of nitrogens with zero attached hydrogens (tertiary/aromatic N) is 1. The van der Waals surface area contributed by atoms with Crippen molar-refractivity contribution in [1.82, 2.24) is 9.88 Å². The molecule has 1 unspecified atom stereocenters. The van der Waals surface area contributed by atoms with Gasteiger partial charge in [0.05, 0.1) is 14.2 Å². The van der Waals surface area contributed by atoms with Gasteiger partial charge in [0.25, 0.3) is 0 Å². The molecule has 1 aromatic heterocycles. The van der Waals surface area contributed by atoms with Crippen LogP contribution in [0.4, 0.5) is 4.39 Å². The fourth-order valence-corrected chi connectivity index (χ4v) is 6.97. The van der Waals surface area contributed by atoms with Gasteiger partial charge in [-0.3, -0.25) is 4.90 Å². The van der Waals surface area contributed by atoms with Crippen molar-refractivity contribution in [2.24, 2.45) is 0 Å². The predicted octanol–water partition coefficient (Wildman–Crippen LogP) is 6.28. The Morgan fingerprint density at radius 3 is 1.26 bits per heavy atom. The van der Waals surface area contributed by atoms with E-state index < -0.39 is 0 Å². The first-order chi connectivity index (χ1) is 43.1. The average molecular weight is 1100 g/mol. The highest BCUT2D eigenvalue weighted by atomic mass is 19.1. The molecule has 87 heavy (non-hydrogen) atoms. The molecule has 2 aliphatic heterocycles. The highest BCUT2D eigenvalue weighted by molar-refractivity contribution is 5.86. The molecule has 0 aliphatic carbocycles. The SMILES string of the molecule is C#CC#CC#CC#CC#CC#CC#CC#CC#CC#CC#CC#CC#CC#CC#CC#CC#CC#CC#CC#CC#CC#CC#CC#CC#CC#CC.COc1ccc2[nH]c3c(c2c1)CC1c2cc(OC)c(OCc4ccccc4F)cc2CCN1C3. The van der Waals surface area contributed by atoms with E-state index in [2.05, 4.69) is 336 Å². The molecule has 0 amide bonds. The number of aromatic nitrogens is 1. The maximum Gasteiger partial charge on any atom is 0.161 e. The van der Waals surface area contributed by atoms with Crippen molar-refractivity contribution in [2.45, 2.75) is 39.0 Å². The Bertz CT molecular complexity index is 5250. The molecule has 0 saturated heterocycles. The van der Waals surface area contributed by atoms with Crippen LogP contribution in [-0.2, 0) is 26.0 Å². The largest absolute Gasteiger partial charge is 0.497 e. The van der Waals surface area contributed by atoms with Crippen LogP contribution in [-0.4, -0.2) is 30.6 Å². The van der Waals surface area contributed by atoms with Gasteiger partial charge in [-0.05, 0) is 168 Å². The van der Waals surface area contributed by atoms with Crippen LogP contribution in [0.25, 0.3) is 10.9 Å². The zero-order valence-electron chi connectivity index (χ0n) is 46.4. The number of hydrogen-bond acceptors (Lipinski definition) is 4. The van der Waals surface area contributed by atoms with E-state index in [0.29, 0.717) is 17.1 Å². The first kappa shape index (κ1) is 62.9. The molecular formula is C81H31FN2O3. The van der Waals surface area contributed by atoms with E-state index in [0.717, 1.165) is 37.2 Å². The smallest absolute Gasteiger partial charge is 0.161 e. The zero-order valence-corrected chi connectivity index (χ0v) is 46.4. The number of H-pyrrole nitrogens is 1. The lowest BCUT2D eigenvalue weighted by Crippen LogP contribution is -2.39. The molecule has 2 aliphatic rings. The summed E-state index contributed by atoms with van der Waals surface area (Å²) in [6.07, 6.45) is 6.80. The van der Waals surface area contributed by atoms with Crippen molar-refractivity contribution in [3.8, 4) is 326 Å². The van der Waals surface area contributed by atoms with Gasteiger partial charge in [0, 0.05) is 243 Å². The Morgan fingerprint density at radius 1 is 0.483 bits per heavy atom. The second-order valence-corrected chi connectivity index (χ2v) is 15.5. The van der Waals surface area contributed by atoms with Crippen molar-refractivity contribution in [3.05, 3.63) is 88.4 Å². The van der Waals surface area contributed by atoms with E-state index in [1.807, 2.05) is 12.1 Å². The van der Waals surface area contributed by atoms with Gasteiger partial charge in [-0.1, -0.05) is 24.1 Å². The number of fused-ring (bicyclic) bond motifs is 6. The fraction of sp³-hybridized carbons (Fsp3) is 0.111. The molecule has 3 heterocycles. The number of methoxy groups -OCH3 is 2. The highest BCUT2D eigenvalue weighted by Gasteiger charge is 2.35. The first-order valence-corrected chi connectivity index (χ1v) is 24.9. The van der Waals surface area contributed by atoms with Crippen LogP contribution in [0.2, 0.25) is 0 Å². The Morgan fingerprint density at radius 2 is 0.885 bits per heavy atom. The molecule has 6 heteroatoms. The van der Waals surface area contributed by atoms with Crippen molar-refractivity contribution in [1.29, 1.82) is 0 Å². The van der Waals surface area contributed by atoms with Gasteiger partial charge in [0.2, 0.25) is 0 Å². The van der Waals surface area contributed by atoms with Crippen LogP contribution in [0.1, 0.15) is 40.9 Å². The summed E-state index contributed by atoms with van der Waals surface area (Å²) in [6, 6.07) is 17.4. The molecule has 1 N–H and O–H groups in total. The van der Waals surface area contributed by atoms with Gasteiger partial charge in [0.1, 0.15) is 18.2 Å². The molecular weight excluding hydrogens is 1070 g/mol. The van der Waals surface area contributed by atoms with E-state index in [-0.39, 0.29) is 18.5 Å². The Labute approximate surface area is 510 Å². The van der Waals surface area contributed by atoms with Gasteiger partial charge < -0.3 is 19.2 Å². The van der Waals surface area contributed by atoms with Crippen LogP contribution < -0.4 is 14.2 Å². The summed E-state index contributed by atoms with van der Waals surface area (Å²) >= 11 is 0. The predicted molar refractivity (Wildman–Crippen MR) is 338 cm³/mol. The summed E-state index contributed by atoms with van der Waals surface area (Å²) in [5, 5.41) is 1.23. The topological polar surface area (TPSA) is 46.7 Å². The number of ether oxygens (including phenoxy) is 3. The average Bonchev–Trinajstić information content (AvgIpc) is 2.18. The number of nitrogens with one attached hydrogen (secondary N) is 1. The lowest BCUT2D eigenvalue weighted by molar-refractivity contribution is 0.158. The third-order valence-electron chi connectivity index (χ3n) is 10.4. The third kappa shape index (κ3) is 24.7. The molecule has 0 radical (unpaired) electrons. The van der Waals surface area contributed by atoms with Crippen molar-refractivity contribution >= 4 is 10.9 Å². The molecule has 0 saturated carbocycles. The summed E-state index contributed by atoms with van der Waals surface area (Å²) in [5.74, 6) is 129. The van der Waals surface area contributed by atoms with Gasteiger partial charge >= 0.3 is 0 Å². The molecule has 3 aromatic carbocycles. The van der Waals surface area contributed by atoms with Gasteiger partial charge in [-0.15, -0.1) is 6.42 Å². The highest BCUT2D eigenvalue weighted by Crippen LogP contribution is 2.44. The van der Waals surface area contributed by atoms with Crippen LogP contribution in [0.5, 0.6) is 17.2 Å². The molecule has 6 rings (SSSR count). The van der Waals surface area contributed by atoms with Crippen LogP contribution >= 0.6 is 0 Å². The van der Waals surface area contributed by atoms with Crippen LogP contribution in [0.3, 0.4) is 0 Å².